The maximum atomic E-state index is 13.0. The summed E-state index contributed by atoms with van der Waals surface area (Å²) in [6, 6.07) is 4.57. The normalized spacial score (nSPS) is 12.2. The minimum Gasteiger partial charge on any atom is -0.298 e. The van der Waals surface area contributed by atoms with Crippen LogP contribution in [0.25, 0.3) is 0 Å². The lowest BCUT2D eigenvalue weighted by molar-refractivity contribution is -0.141. The first kappa shape index (κ1) is 20.8. The Bertz CT molecular complexity index is 1020. The first-order valence-electron chi connectivity index (χ1n) is 7.96. The second-order valence-corrected chi connectivity index (χ2v) is 7.14. The van der Waals surface area contributed by atoms with Crippen LogP contribution in [0.1, 0.15) is 32.1 Å². The maximum Gasteiger partial charge on any atom is 0.435 e. The first-order chi connectivity index (χ1) is 13.4. The van der Waals surface area contributed by atoms with Gasteiger partial charge in [-0.2, -0.15) is 31.4 Å². The average molecular weight is 434 g/mol. The molecule has 0 aliphatic heterocycles. The molecule has 3 aromatic rings. The number of anilines is 1. The molecular weight excluding hydrogens is 422 g/mol. The molecule has 0 atom stereocenters. The zero-order valence-electron chi connectivity index (χ0n) is 14.6. The van der Waals surface area contributed by atoms with Gasteiger partial charge in [0.05, 0.1) is 11.1 Å². The molecule has 0 aliphatic rings. The molecule has 0 spiro atoms. The number of benzene rings is 1. The lowest BCUT2D eigenvalue weighted by Gasteiger charge is -2.07. The molecule has 5 nitrogen and oxygen atoms in total. The van der Waals surface area contributed by atoms with Gasteiger partial charge in [0, 0.05) is 30.7 Å². The highest BCUT2D eigenvalue weighted by atomic mass is 32.1. The van der Waals surface area contributed by atoms with Crippen molar-refractivity contribution in [3.63, 3.8) is 0 Å². The van der Waals surface area contributed by atoms with E-state index in [0.717, 1.165) is 34.3 Å². The van der Waals surface area contributed by atoms with E-state index in [-0.39, 0.29) is 11.6 Å². The Labute approximate surface area is 164 Å². The van der Waals surface area contributed by atoms with Crippen molar-refractivity contribution in [2.24, 2.45) is 7.05 Å². The SMILES string of the molecule is Cn1cc(C(=O)Nc2ncc(Cc3ccc(C(F)(F)F)cc3)s2)c(C(F)(F)F)n1. The fraction of sp³-hybridized carbons (Fsp3) is 0.235. The molecule has 2 aromatic heterocycles. The highest BCUT2D eigenvalue weighted by molar-refractivity contribution is 7.15. The van der Waals surface area contributed by atoms with E-state index in [2.05, 4.69) is 15.4 Å². The third kappa shape index (κ3) is 4.94. The molecule has 3 rings (SSSR count). The predicted octanol–water partition coefficient (Wildman–Crippen LogP) is 4.76. The highest BCUT2D eigenvalue weighted by Crippen LogP contribution is 2.32. The van der Waals surface area contributed by atoms with Crippen LogP contribution in [0.3, 0.4) is 0 Å². The third-order valence-electron chi connectivity index (χ3n) is 3.78. The first-order valence-corrected chi connectivity index (χ1v) is 8.78. The van der Waals surface area contributed by atoms with Gasteiger partial charge >= 0.3 is 12.4 Å². The monoisotopic (exact) mass is 434 g/mol. The molecule has 29 heavy (non-hydrogen) atoms. The van der Waals surface area contributed by atoms with Crippen LogP contribution in [-0.4, -0.2) is 20.7 Å². The lowest BCUT2D eigenvalue weighted by atomic mass is 10.1. The zero-order chi connectivity index (χ0) is 21.4. The Kier molecular flexibility index (Phi) is 5.39. The maximum absolute atomic E-state index is 13.0. The minimum absolute atomic E-state index is 0.0638. The van der Waals surface area contributed by atoms with Gasteiger partial charge in [-0.25, -0.2) is 4.98 Å². The third-order valence-corrected chi connectivity index (χ3v) is 4.69. The number of thiazole rings is 1. The van der Waals surface area contributed by atoms with Gasteiger partial charge in [-0.1, -0.05) is 12.1 Å². The second kappa shape index (κ2) is 7.50. The van der Waals surface area contributed by atoms with Gasteiger partial charge in [0.25, 0.3) is 5.91 Å². The van der Waals surface area contributed by atoms with Crippen molar-refractivity contribution in [1.82, 2.24) is 14.8 Å². The summed E-state index contributed by atoms with van der Waals surface area (Å²) < 4.78 is 77.6. The summed E-state index contributed by atoms with van der Waals surface area (Å²) >= 11 is 1.01. The number of carbonyl (C=O) groups is 1. The molecule has 1 N–H and O–H groups in total. The Morgan fingerprint density at radius 3 is 2.34 bits per heavy atom. The number of alkyl halides is 6. The molecule has 2 heterocycles. The van der Waals surface area contributed by atoms with Crippen LogP contribution in [0.5, 0.6) is 0 Å². The van der Waals surface area contributed by atoms with Crippen molar-refractivity contribution in [2.45, 2.75) is 18.8 Å². The molecular formula is C17H12F6N4OS. The van der Waals surface area contributed by atoms with Crippen molar-refractivity contribution < 1.29 is 31.1 Å². The molecule has 0 saturated carbocycles. The van der Waals surface area contributed by atoms with Crippen LogP contribution in [0.2, 0.25) is 0 Å². The average Bonchev–Trinajstić information content (AvgIpc) is 3.20. The Balaban J connectivity index is 1.70. The summed E-state index contributed by atoms with van der Waals surface area (Å²) in [5.41, 5.74) is -2.12. The second-order valence-electron chi connectivity index (χ2n) is 6.02. The van der Waals surface area contributed by atoms with Gasteiger partial charge in [0.2, 0.25) is 0 Å². The molecule has 0 radical (unpaired) electrons. The number of aryl methyl sites for hydroxylation is 1. The van der Waals surface area contributed by atoms with Gasteiger partial charge in [-0.15, -0.1) is 11.3 Å². The number of halogens is 6. The number of rotatable bonds is 4. The van der Waals surface area contributed by atoms with Crippen LogP contribution in [0, 0.1) is 0 Å². The van der Waals surface area contributed by atoms with Gasteiger partial charge in [-0.05, 0) is 17.7 Å². The fourth-order valence-electron chi connectivity index (χ4n) is 2.49. The van der Waals surface area contributed by atoms with Crippen LogP contribution in [0.4, 0.5) is 31.5 Å². The van der Waals surface area contributed by atoms with E-state index < -0.39 is 35.1 Å². The van der Waals surface area contributed by atoms with Crippen LogP contribution in [0.15, 0.2) is 36.7 Å². The highest BCUT2D eigenvalue weighted by Gasteiger charge is 2.39. The summed E-state index contributed by atoms with van der Waals surface area (Å²) in [7, 11) is 1.26. The molecule has 1 amide bonds. The number of amides is 1. The standard InChI is InChI=1S/C17H12F6N4OS/c1-27-8-12(13(26-27)17(21,22)23)14(28)25-15-24-7-11(29-15)6-9-2-4-10(5-3-9)16(18,19)20/h2-5,7-8H,6H2,1H3,(H,24,25,28). The van der Waals surface area contributed by atoms with Gasteiger partial charge < -0.3 is 0 Å². The molecule has 0 saturated heterocycles. The quantitative estimate of drug-likeness (QED) is 0.603. The number of hydrogen-bond acceptors (Lipinski definition) is 4. The summed E-state index contributed by atoms with van der Waals surface area (Å²) in [5.74, 6) is -1.01. The van der Waals surface area contributed by atoms with E-state index in [1.165, 1.54) is 25.4 Å². The summed E-state index contributed by atoms with van der Waals surface area (Å²) in [6.07, 6.45) is -6.61. The Morgan fingerprint density at radius 1 is 1.10 bits per heavy atom. The Morgan fingerprint density at radius 2 is 1.76 bits per heavy atom. The van der Waals surface area contributed by atoms with Gasteiger partial charge in [-0.3, -0.25) is 14.8 Å². The summed E-state index contributed by atoms with van der Waals surface area (Å²) in [4.78, 5) is 16.7. The van der Waals surface area contributed by atoms with Crippen LogP contribution < -0.4 is 5.32 Å². The summed E-state index contributed by atoms with van der Waals surface area (Å²) in [5, 5.41) is 5.61. The van der Waals surface area contributed by atoms with Crippen molar-refractivity contribution in [2.75, 3.05) is 5.32 Å². The Hall–Kier alpha value is -2.89. The van der Waals surface area contributed by atoms with E-state index in [4.69, 9.17) is 0 Å². The van der Waals surface area contributed by atoms with E-state index in [1.807, 2.05) is 0 Å². The van der Waals surface area contributed by atoms with E-state index in [9.17, 15) is 31.1 Å². The van der Waals surface area contributed by atoms with Gasteiger partial charge in [0.15, 0.2) is 10.8 Å². The predicted molar refractivity (Wildman–Crippen MR) is 92.5 cm³/mol. The number of carbonyl (C=O) groups excluding carboxylic acids is 1. The number of aromatic nitrogens is 3. The molecule has 1 aromatic carbocycles. The van der Waals surface area contributed by atoms with Crippen molar-refractivity contribution in [3.8, 4) is 0 Å². The van der Waals surface area contributed by atoms with Crippen molar-refractivity contribution in [3.05, 3.63) is 63.9 Å². The summed E-state index contributed by atoms with van der Waals surface area (Å²) in [6.45, 7) is 0. The van der Waals surface area contributed by atoms with Gasteiger partial charge in [0.1, 0.15) is 0 Å². The largest absolute Gasteiger partial charge is 0.435 e. The minimum atomic E-state index is -4.79. The van der Waals surface area contributed by atoms with E-state index in [0.29, 0.717) is 10.4 Å². The lowest BCUT2D eigenvalue weighted by Crippen LogP contribution is -2.17. The number of hydrogen-bond donors (Lipinski definition) is 1. The van der Waals surface area contributed by atoms with Crippen LogP contribution in [-0.2, 0) is 25.8 Å². The molecule has 0 unspecified atom stereocenters. The smallest absolute Gasteiger partial charge is 0.298 e. The number of nitrogens with one attached hydrogen (secondary N) is 1. The van der Waals surface area contributed by atoms with E-state index in [1.54, 1.807) is 0 Å². The molecule has 12 heteroatoms. The van der Waals surface area contributed by atoms with Crippen molar-refractivity contribution in [1.29, 1.82) is 0 Å². The molecule has 0 bridgehead atoms. The molecule has 0 aliphatic carbocycles. The van der Waals surface area contributed by atoms with E-state index >= 15 is 0 Å². The molecule has 154 valence electrons. The number of nitrogens with zero attached hydrogens (tertiary/aromatic N) is 3. The topological polar surface area (TPSA) is 59.8 Å². The zero-order valence-corrected chi connectivity index (χ0v) is 15.4. The van der Waals surface area contributed by atoms with Crippen LogP contribution >= 0.6 is 11.3 Å². The van der Waals surface area contributed by atoms with Crippen molar-refractivity contribution >= 4 is 22.4 Å². The fourth-order valence-corrected chi connectivity index (χ4v) is 3.33. The molecule has 0 fully saturated rings.